The molecule has 0 spiro atoms. The lowest BCUT2D eigenvalue weighted by Crippen LogP contribution is -2.52. The minimum atomic E-state index is -3.59. The van der Waals surface area contributed by atoms with Crippen molar-refractivity contribution >= 4 is 39.1 Å². The molecule has 0 saturated carbocycles. The summed E-state index contributed by atoms with van der Waals surface area (Å²) in [5.74, 6) is -0.462. The van der Waals surface area contributed by atoms with E-state index in [0.717, 1.165) is 17.4 Å². The molecular formula is C26H36ClN3O4S. The number of aryl methyl sites for hydroxylation is 1. The number of rotatable bonds is 10. The van der Waals surface area contributed by atoms with Crippen LogP contribution in [-0.4, -0.2) is 49.5 Å². The predicted molar refractivity (Wildman–Crippen MR) is 142 cm³/mol. The average Bonchev–Trinajstić information content (AvgIpc) is 2.75. The van der Waals surface area contributed by atoms with Gasteiger partial charge in [0.25, 0.3) is 0 Å². The molecule has 192 valence electrons. The van der Waals surface area contributed by atoms with E-state index in [9.17, 15) is 18.0 Å². The lowest BCUT2D eigenvalue weighted by atomic mass is 10.1. The molecule has 2 aromatic rings. The molecule has 9 heteroatoms. The first-order valence-corrected chi connectivity index (χ1v) is 13.8. The number of nitrogens with zero attached hydrogens (tertiary/aromatic N) is 2. The van der Waals surface area contributed by atoms with Crippen molar-refractivity contribution < 1.29 is 18.0 Å². The van der Waals surface area contributed by atoms with Crippen LogP contribution in [0.15, 0.2) is 48.5 Å². The molecule has 0 saturated heterocycles. The van der Waals surface area contributed by atoms with Crippen LogP contribution in [0.2, 0.25) is 5.02 Å². The number of benzene rings is 2. The topological polar surface area (TPSA) is 86.8 Å². The summed E-state index contributed by atoms with van der Waals surface area (Å²) in [5, 5.41) is 3.37. The lowest BCUT2D eigenvalue weighted by molar-refractivity contribution is -0.141. The van der Waals surface area contributed by atoms with E-state index < -0.39 is 21.6 Å². The van der Waals surface area contributed by atoms with Gasteiger partial charge in [-0.3, -0.25) is 13.9 Å². The van der Waals surface area contributed by atoms with Gasteiger partial charge in [-0.1, -0.05) is 48.0 Å². The fourth-order valence-electron chi connectivity index (χ4n) is 3.67. The van der Waals surface area contributed by atoms with Crippen LogP contribution in [0.1, 0.15) is 51.7 Å². The second-order valence-corrected chi connectivity index (χ2v) is 12.1. The maximum atomic E-state index is 13.3. The van der Waals surface area contributed by atoms with Gasteiger partial charge in [0.2, 0.25) is 21.8 Å². The Labute approximate surface area is 214 Å². The molecule has 0 radical (unpaired) electrons. The van der Waals surface area contributed by atoms with Crippen LogP contribution in [0, 0.1) is 6.92 Å². The van der Waals surface area contributed by atoms with E-state index in [1.165, 1.54) is 4.31 Å². The zero-order valence-electron chi connectivity index (χ0n) is 21.3. The number of carbonyl (C=O) groups is 2. The quantitative estimate of drug-likeness (QED) is 0.497. The Bertz CT molecular complexity index is 1130. The van der Waals surface area contributed by atoms with Crippen LogP contribution in [0.4, 0.5) is 5.69 Å². The monoisotopic (exact) mass is 521 g/mol. The molecule has 0 aliphatic carbocycles. The van der Waals surface area contributed by atoms with Gasteiger partial charge in [0, 0.05) is 30.1 Å². The maximum absolute atomic E-state index is 13.3. The first kappa shape index (κ1) is 28.7. The highest BCUT2D eigenvalue weighted by atomic mass is 35.5. The zero-order chi connectivity index (χ0) is 26.4. The molecule has 0 bridgehead atoms. The Morgan fingerprint density at radius 1 is 1.09 bits per heavy atom. The van der Waals surface area contributed by atoms with Crippen LogP contribution in [0.25, 0.3) is 0 Å². The summed E-state index contributed by atoms with van der Waals surface area (Å²) >= 11 is 6.10. The lowest BCUT2D eigenvalue weighted by Gasteiger charge is -2.32. The highest BCUT2D eigenvalue weighted by Crippen LogP contribution is 2.27. The van der Waals surface area contributed by atoms with Gasteiger partial charge in [-0.05, 0) is 64.3 Å². The number of sulfonamides is 1. The molecule has 1 N–H and O–H groups in total. The minimum Gasteiger partial charge on any atom is -0.350 e. The SMILES string of the molecule is Cc1ccc(Cl)cc1N(CCCC(=O)N(Cc1ccccc1)[C@H](C)C(=O)NC(C)(C)C)S(C)(=O)=O. The molecule has 0 aromatic heterocycles. The maximum Gasteiger partial charge on any atom is 0.242 e. The number of nitrogens with one attached hydrogen (secondary N) is 1. The average molecular weight is 522 g/mol. The van der Waals surface area contributed by atoms with Gasteiger partial charge in [-0.15, -0.1) is 0 Å². The van der Waals surface area contributed by atoms with E-state index in [2.05, 4.69) is 5.32 Å². The van der Waals surface area contributed by atoms with Crippen LogP contribution >= 0.6 is 11.6 Å². The number of carbonyl (C=O) groups excluding carboxylic acids is 2. The minimum absolute atomic E-state index is 0.0889. The number of anilines is 1. The van der Waals surface area contributed by atoms with Crippen LogP contribution in [0.5, 0.6) is 0 Å². The molecule has 0 aliphatic rings. The Balaban J connectivity index is 2.20. The van der Waals surface area contributed by atoms with Gasteiger partial charge in [0.1, 0.15) is 6.04 Å². The summed E-state index contributed by atoms with van der Waals surface area (Å²) in [6, 6.07) is 13.9. The van der Waals surface area contributed by atoms with Crippen molar-refractivity contribution in [3.05, 3.63) is 64.7 Å². The molecule has 0 unspecified atom stereocenters. The van der Waals surface area contributed by atoms with E-state index in [1.54, 1.807) is 30.0 Å². The van der Waals surface area contributed by atoms with Crippen LogP contribution < -0.4 is 9.62 Å². The molecule has 2 aromatic carbocycles. The van der Waals surface area contributed by atoms with Gasteiger partial charge in [-0.25, -0.2) is 8.42 Å². The van der Waals surface area contributed by atoms with E-state index in [0.29, 0.717) is 10.7 Å². The van der Waals surface area contributed by atoms with Gasteiger partial charge in [0.15, 0.2) is 0 Å². The molecule has 0 heterocycles. The predicted octanol–water partition coefficient (Wildman–Crippen LogP) is 4.53. The molecule has 7 nitrogen and oxygen atoms in total. The summed E-state index contributed by atoms with van der Waals surface area (Å²) in [6.45, 7) is 9.58. The smallest absolute Gasteiger partial charge is 0.242 e. The van der Waals surface area contributed by atoms with E-state index in [-0.39, 0.29) is 37.7 Å². The normalized spacial score (nSPS) is 12.7. The number of amides is 2. The molecule has 0 fully saturated rings. The summed E-state index contributed by atoms with van der Waals surface area (Å²) in [7, 11) is -3.59. The first-order chi connectivity index (χ1) is 16.2. The Hall–Kier alpha value is -2.58. The standard InChI is InChI=1S/C26H36ClN3O4S/c1-19-14-15-22(27)17-23(19)30(35(6,33)34)16-10-13-24(31)29(18-21-11-8-7-9-12-21)20(2)25(32)28-26(3,4)5/h7-9,11-12,14-15,17,20H,10,13,16,18H2,1-6H3,(H,28,32)/t20-/m1/s1. The molecule has 0 aliphatic heterocycles. The number of hydrogen-bond acceptors (Lipinski definition) is 4. The van der Waals surface area contributed by atoms with E-state index >= 15 is 0 Å². The Kier molecular flexibility index (Phi) is 9.75. The number of halogens is 1. The highest BCUT2D eigenvalue weighted by Gasteiger charge is 2.28. The van der Waals surface area contributed by atoms with Crippen LogP contribution in [-0.2, 0) is 26.2 Å². The van der Waals surface area contributed by atoms with Crippen molar-refractivity contribution in [2.45, 2.75) is 65.6 Å². The fraction of sp³-hybridized carbons (Fsp3) is 0.462. The summed E-state index contributed by atoms with van der Waals surface area (Å²) < 4.78 is 26.3. The number of hydrogen-bond donors (Lipinski definition) is 1. The Morgan fingerprint density at radius 3 is 2.29 bits per heavy atom. The van der Waals surface area contributed by atoms with E-state index in [4.69, 9.17) is 11.6 Å². The van der Waals surface area contributed by atoms with Gasteiger partial charge >= 0.3 is 0 Å². The zero-order valence-corrected chi connectivity index (χ0v) is 22.9. The van der Waals surface area contributed by atoms with Gasteiger partial charge in [-0.2, -0.15) is 0 Å². The largest absolute Gasteiger partial charge is 0.350 e. The van der Waals surface area contributed by atoms with Crippen molar-refractivity contribution in [2.24, 2.45) is 0 Å². The third kappa shape index (κ3) is 8.85. The summed E-state index contributed by atoms with van der Waals surface area (Å²) in [6.07, 6.45) is 1.51. The van der Waals surface area contributed by atoms with E-state index in [1.807, 2.05) is 58.0 Å². The van der Waals surface area contributed by atoms with Crippen molar-refractivity contribution in [3.8, 4) is 0 Å². The summed E-state index contributed by atoms with van der Waals surface area (Å²) in [4.78, 5) is 27.7. The third-order valence-electron chi connectivity index (χ3n) is 5.45. The Morgan fingerprint density at radius 2 is 1.71 bits per heavy atom. The van der Waals surface area contributed by atoms with Crippen LogP contribution in [0.3, 0.4) is 0 Å². The van der Waals surface area contributed by atoms with Gasteiger partial charge in [0.05, 0.1) is 11.9 Å². The molecule has 35 heavy (non-hydrogen) atoms. The van der Waals surface area contributed by atoms with Gasteiger partial charge < -0.3 is 10.2 Å². The second kappa shape index (κ2) is 11.9. The molecular weight excluding hydrogens is 486 g/mol. The molecule has 2 amide bonds. The molecule has 2 rings (SSSR count). The highest BCUT2D eigenvalue weighted by molar-refractivity contribution is 7.92. The van der Waals surface area contributed by atoms with Crippen molar-refractivity contribution in [3.63, 3.8) is 0 Å². The molecule has 1 atom stereocenters. The van der Waals surface area contributed by atoms with Crippen molar-refractivity contribution in [2.75, 3.05) is 17.1 Å². The second-order valence-electron chi connectivity index (χ2n) is 9.79. The van der Waals surface area contributed by atoms with Crippen molar-refractivity contribution in [1.29, 1.82) is 0 Å². The van der Waals surface area contributed by atoms with Crippen molar-refractivity contribution in [1.82, 2.24) is 10.2 Å². The third-order valence-corrected chi connectivity index (χ3v) is 6.87. The summed E-state index contributed by atoms with van der Waals surface area (Å²) in [5.41, 5.74) is 1.73. The fourth-order valence-corrected chi connectivity index (χ4v) is 4.85. The first-order valence-electron chi connectivity index (χ1n) is 11.6.